The zero-order chi connectivity index (χ0) is 21.6. The van der Waals surface area contributed by atoms with E-state index in [2.05, 4.69) is 26.2 Å². The SMILES string of the molecule is Cn1c(=O)c2cc(NC(=O)CN3C(=O)COc4cc(Br)ccc43)cnc2n(C)c1=O. The standard InChI is InChI=1S/C19H16BrN5O5/c1-23-17-12(18(28)24(2)19(23)29)6-11(7-21-17)22-15(26)8-25-13-4-3-10(20)5-14(13)30-9-16(25)27/h3-7H,8-9H2,1-2H3,(H,22,26). The largest absolute Gasteiger partial charge is 0.482 e. The van der Waals surface area contributed by atoms with Crippen molar-refractivity contribution in [1.82, 2.24) is 14.1 Å². The molecule has 154 valence electrons. The van der Waals surface area contributed by atoms with Gasteiger partial charge in [-0.1, -0.05) is 15.9 Å². The highest BCUT2D eigenvalue weighted by Gasteiger charge is 2.27. The van der Waals surface area contributed by atoms with E-state index in [4.69, 9.17) is 4.74 Å². The Kier molecular flexibility index (Phi) is 4.90. The Bertz CT molecular complexity index is 1330. The predicted octanol–water partition coefficient (Wildman–Crippen LogP) is 0.759. The van der Waals surface area contributed by atoms with E-state index in [1.807, 2.05) is 0 Å². The van der Waals surface area contributed by atoms with Crippen molar-refractivity contribution in [3.63, 3.8) is 0 Å². The van der Waals surface area contributed by atoms with Crippen LogP contribution in [0.4, 0.5) is 11.4 Å². The minimum absolute atomic E-state index is 0.168. The van der Waals surface area contributed by atoms with Crippen LogP contribution in [0.25, 0.3) is 11.0 Å². The molecule has 0 bridgehead atoms. The first-order valence-corrected chi connectivity index (χ1v) is 9.64. The van der Waals surface area contributed by atoms with Gasteiger partial charge in [0.15, 0.2) is 6.61 Å². The van der Waals surface area contributed by atoms with Gasteiger partial charge in [0.2, 0.25) is 5.91 Å². The first kappa shape index (κ1) is 19.8. The van der Waals surface area contributed by atoms with Crippen molar-refractivity contribution in [3.05, 3.63) is 55.8 Å². The highest BCUT2D eigenvalue weighted by molar-refractivity contribution is 9.10. The number of fused-ring (bicyclic) bond motifs is 2. The lowest BCUT2D eigenvalue weighted by Gasteiger charge is -2.29. The number of ether oxygens (including phenoxy) is 1. The lowest BCUT2D eigenvalue weighted by atomic mass is 10.2. The smallest absolute Gasteiger partial charge is 0.332 e. The van der Waals surface area contributed by atoms with Crippen LogP contribution in [0.1, 0.15) is 0 Å². The number of hydrogen-bond donors (Lipinski definition) is 1. The molecule has 0 radical (unpaired) electrons. The summed E-state index contributed by atoms with van der Waals surface area (Å²) in [5, 5.41) is 2.83. The van der Waals surface area contributed by atoms with Crippen LogP contribution in [0.15, 0.2) is 44.5 Å². The number of amides is 2. The Hall–Kier alpha value is -3.47. The van der Waals surface area contributed by atoms with Gasteiger partial charge in [0.05, 0.1) is 23.0 Å². The fraction of sp³-hybridized carbons (Fsp3) is 0.211. The minimum Gasteiger partial charge on any atom is -0.482 e. The van der Waals surface area contributed by atoms with Gasteiger partial charge in [-0.05, 0) is 24.3 Å². The van der Waals surface area contributed by atoms with Crippen molar-refractivity contribution in [2.75, 3.05) is 23.4 Å². The molecule has 1 N–H and O–H groups in total. The molecule has 4 rings (SSSR count). The first-order chi connectivity index (χ1) is 14.3. The van der Waals surface area contributed by atoms with Gasteiger partial charge in [-0.25, -0.2) is 9.78 Å². The summed E-state index contributed by atoms with van der Waals surface area (Å²) < 4.78 is 8.43. The van der Waals surface area contributed by atoms with E-state index in [-0.39, 0.29) is 35.8 Å². The molecule has 0 saturated heterocycles. The second-order valence-electron chi connectivity index (χ2n) is 6.73. The lowest BCUT2D eigenvalue weighted by molar-refractivity contribution is -0.123. The number of nitrogens with one attached hydrogen (secondary N) is 1. The van der Waals surface area contributed by atoms with Crippen LogP contribution in [0, 0.1) is 0 Å². The van der Waals surface area contributed by atoms with Crippen LogP contribution >= 0.6 is 15.9 Å². The maximum absolute atomic E-state index is 12.6. The third-order valence-corrected chi connectivity index (χ3v) is 5.24. The second-order valence-corrected chi connectivity index (χ2v) is 7.65. The van der Waals surface area contributed by atoms with E-state index < -0.39 is 17.2 Å². The fourth-order valence-corrected chi connectivity index (χ4v) is 3.57. The van der Waals surface area contributed by atoms with Crippen LogP contribution in [0.2, 0.25) is 0 Å². The van der Waals surface area contributed by atoms with E-state index in [1.54, 1.807) is 18.2 Å². The molecular formula is C19H16BrN5O5. The van der Waals surface area contributed by atoms with Crippen molar-refractivity contribution in [2.45, 2.75) is 0 Å². The van der Waals surface area contributed by atoms with Crippen molar-refractivity contribution in [1.29, 1.82) is 0 Å². The first-order valence-electron chi connectivity index (χ1n) is 8.84. The Balaban J connectivity index is 1.61. The monoisotopic (exact) mass is 473 g/mol. The summed E-state index contributed by atoms with van der Waals surface area (Å²) in [4.78, 5) is 54.7. The molecule has 0 fully saturated rings. The number of aromatic nitrogens is 3. The van der Waals surface area contributed by atoms with Gasteiger partial charge in [-0.15, -0.1) is 0 Å². The summed E-state index contributed by atoms with van der Waals surface area (Å²) in [5.41, 5.74) is -0.0264. The second kappa shape index (κ2) is 7.41. The van der Waals surface area contributed by atoms with Crippen LogP contribution in [0.3, 0.4) is 0 Å². The number of carbonyl (C=O) groups is 2. The van der Waals surface area contributed by atoms with Crippen molar-refractivity contribution >= 4 is 50.2 Å². The van der Waals surface area contributed by atoms with Gasteiger partial charge in [0.1, 0.15) is 17.9 Å². The number of pyridine rings is 1. The molecule has 2 aromatic heterocycles. The van der Waals surface area contributed by atoms with E-state index in [0.29, 0.717) is 11.4 Å². The van der Waals surface area contributed by atoms with E-state index in [0.717, 1.165) is 9.04 Å². The normalized spacial score (nSPS) is 13.2. The van der Waals surface area contributed by atoms with Crippen molar-refractivity contribution < 1.29 is 14.3 Å². The molecule has 3 aromatic rings. The van der Waals surface area contributed by atoms with Crippen LogP contribution < -0.4 is 26.2 Å². The van der Waals surface area contributed by atoms with Crippen molar-refractivity contribution in [2.24, 2.45) is 14.1 Å². The molecule has 2 amide bonds. The molecule has 30 heavy (non-hydrogen) atoms. The molecular weight excluding hydrogens is 458 g/mol. The van der Waals surface area contributed by atoms with Crippen LogP contribution in [-0.4, -0.2) is 39.1 Å². The number of carbonyl (C=O) groups excluding carboxylic acids is 2. The zero-order valence-corrected chi connectivity index (χ0v) is 17.6. The number of nitrogens with zero attached hydrogens (tertiary/aromatic N) is 4. The summed E-state index contributed by atoms with van der Waals surface area (Å²) in [5.74, 6) is -0.323. The molecule has 3 heterocycles. The van der Waals surface area contributed by atoms with E-state index in [1.165, 1.54) is 35.8 Å². The Labute approximate surface area is 177 Å². The maximum atomic E-state index is 12.6. The summed E-state index contributed by atoms with van der Waals surface area (Å²) >= 11 is 3.34. The minimum atomic E-state index is -0.514. The summed E-state index contributed by atoms with van der Waals surface area (Å²) in [6, 6.07) is 6.61. The highest BCUT2D eigenvalue weighted by atomic mass is 79.9. The molecule has 1 aliphatic heterocycles. The molecule has 0 unspecified atom stereocenters. The lowest BCUT2D eigenvalue weighted by Crippen LogP contribution is -2.43. The number of halogens is 1. The van der Waals surface area contributed by atoms with Gasteiger partial charge >= 0.3 is 5.69 Å². The maximum Gasteiger partial charge on any atom is 0.332 e. The number of benzene rings is 1. The molecule has 0 aliphatic carbocycles. The van der Waals surface area contributed by atoms with Gasteiger partial charge in [0.25, 0.3) is 11.5 Å². The van der Waals surface area contributed by atoms with Crippen LogP contribution in [-0.2, 0) is 23.7 Å². The average Bonchev–Trinajstić information content (AvgIpc) is 2.72. The number of rotatable bonds is 3. The number of hydrogen-bond acceptors (Lipinski definition) is 6. The Morgan fingerprint density at radius 3 is 2.73 bits per heavy atom. The van der Waals surface area contributed by atoms with Gasteiger partial charge in [-0.3, -0.25) is 28.4 Å². The number of anilines is 2. The number of aryl methyl sites for hydroxylation is 1. The van der Waals surface area contributed by atoms with Gasteiger partial charge in [0, 0.05) is 18.6 Å². The highest BCUT2D eigenvalue weighted by Crippen LogP contribution is 2.34. The quantitative estimate of drug-likeness (QED) is 0.600. The molecule has 0 saturated carbocycles. The molecule has 10 nitrogen and oxygen atoms in total. The van der Waals surface area contributed by atoms with E-state index in [9.17, 15) is 19.2 Å². The van der Waals surface area contributed by atoms with Gasteiger partial charge in [-0.2, -0.15) is 0 Å². The summed E-state index contributed by atoms with van der Waals surface area (Å²) in [6.45, 7) is -0.404. The Morgan fingerprint density at radius 2 is 1.97 bits per heavy atom. The fourth-order valence-electron chi connectivity index (χ4n) is 3.23. The summed E-state index contributed by atoms with van der Waals surface area (Å²) in [6.07, 6.45) is 1.35. The third kappa shape index (κ3) is 3.36. The molecule has 1 aliphatic rings. The zero-order valence-electron chi connectivity index (χ0n) is 16.0. The van der Waals surface area contributed by atoms with Crippen molar-refractivity contribution in [3.8, 4) is 5.75 Å². The predicted molar refractivity (Wildman–Crippen MR) is 113 cm³/mol. The van der Waals surface area contributed by atoms with Gasteiger partial charge < -0.3 is 10.1 Å². The van der Waals surface area contributed by atoms with E-state index >= 15 is 0 Å². The third-order valence-electron chi connectivity index (χ3n) is 4.74. The molecule has 0 atom stereocenters. The average molecular weight is 474 g/mol. The topological polar surface area (TPSA) is 116 Å². The van der Waals surface area contributed by atoms with Crippen LogP contribution in [0.5, 0.6) is 5.75 Å². The molecule has 0 spiro atoms. The molecule has 11 heteroatoms. The molecule has 1 aromatic carbocycles. The Morgan fingerprint density at radius 1 is 1.20 bits per heavy atom. The summed E-state index contributed by atoms with van der Waals surface area (Å²) in [7, 11) is 2.88.